The number of hydrogen-bond acceptors (Lipinski definition) is 4. The summed E-state index contributed by atoms with van der Waals surface area (Å²) in [6.45, 7) is 3.83. The lowest BCUT2D eigenvalue weighted by Gasteiger charge is -2.20. The molecule has 0 spiro atoms. The minimum atomic E-state index is -0.576. The monoisotopic (exact) mass is 331 g/mol. The van der Waals surface area contributed by atoms with Crippen molar-refractivity contribution in [3.63, 3.8) is 0 Å². The van der Waals surface area contributed by atoms with E-state index >= 15 is 0 Å². The number of anilines is 1. The molecule has 1 saturated carbocycles. The van der Waals surface area contributed by atoms with E-state index in [0.717, 1.165) is 36.9 Å². The second-order valence-corrected chi connectivity index (χ2v) is 5.93. The Labute approximate surface area is 142 Å². The Hall–Kier alpha value is -2.37. The highest BCUT2D eigenvalue weighted by Crippen LogP contribution is 2.25. The molecule has 0 saturated heterocycles. The Morgan fingerprint density at radius 3 is 2.46 bits per heavy atom. The third-order valence-corrected chi connectivity index (χ3v) is 4.14. The van der Waals surface area contributed by atoms with Crippen molar-refractivity contribution in [2.24, 2.45) is 11.0 Å². The highest BCUT2D eigenvalue weighted by Gasteiger charge is 2.20. The molecule has 2 N–H and O–H groups in total. The average Bonchev–Trinajstić information content (AvgIpc) is 2.61. The van der Waals surface area contributed by atoms with Gasteiger partial charge in [-0.3, -0.25) is 4.79 Å². The molecule has 1 aromatic rings. The zero-order valence-corrected chi connectivity index (χ0v) is 14.3. The van der Waals surface area contributed by atoms with Gasteiger partial charge in [-0.25, -0.2) is 10.2 Å². The average molecular weight is 331 g/mol. The molecule has 2 rings (SSSR count). The molecule has 0 atom stereocenters. The second-order valence-electron chi connectivity index (χ2n) is 5.93. The van der Waals surface area contributed by atoms with Gasteiger partial charge < -0.3 is 10.1 Å². The van der Waals surface area contributed by atoms with E-state index in [1.807, 2.05) is 24.3 Å². The molecule has 1 fully saturated rings. The molecule has 0 heterocycles. The van der Waals surface area contributed by atoms with E-state index in [-0.39, 0.29) is 11.8 Å². The van der Waals surface area contributed by atoms with E-state index < -0.39 is 6.09 Å². The quantitative estimate of drug-likeness (QED) is 0.638. The van der Waals surface area contributed by atoms with Crippen molar-refractivity contribution < 1.29 is 14.3 Å². The summed E-state index contributed by atoms with van der Waals surface area (Å²) in [7, 11) is 0. The Bertz CT molecular complexity index is 590. The third-order valence-electron chi connectivity index (χ3n) is 4.14. The van der Waals surface area contributed by atoms with Gasteiger partial charge in [0.1, 0.15) is 0 Å². The van der Waals surface area contributed by atoms with Crippen molar-refractivity contribution in [3.05, 3.63) is 29.8 Å². The maximum atomic E-state index is 12.2. The number of benzene rings is 1. The Morgan fingerprint density at radius 1 is 1.17 bits per heavy atom. The fraction of sp³-hybridized carbons (Fsp3) is 0.500. The van der Waals surface area contributed by atoms with Crippen molar-refractivity contribution in [1.29, 1.82) is 0 Å². The first-order valence-corrected chi connectivity index (χ1v) is 8.48. The molecule has 0 aromatic heterocycles. The first kappa shape index (κ1) is 18.0. The van der Waals surface area contributed by atoms with E-state index in [0.29, 0.717) is 12.3 Å². The lowest BCUT2D eigenvalue weighted by Crippen LogP contribution is -2.24. The fourth-order valence-corrected chi connectivity index (χ4v) is 2.76. The van der Waals surface area contributed by atoms with Crippen molar-refractivity contribution in [3.8, 4) is 0 Å². The number of rotatable bonds is 5. The molecular weight excluding hydrogens is 306 g/mol. The summed E-state index contributed by atoms with van der Waals surface area (Å²) < 4.78 is 4.74. The maximum Gasteiger partial charge on any atom is 0.427 e. The molecule has 24 heavy (non-hydrogen) atoms. The number of hydrogen-bond donors (Lipinski definition) is 2. The minimum Gasteiger partial charge on any atom is -0.449 e. The van der Waals surface area contributed by atoms with Gasteiger partial charge in [0.05, 0.1) is 12.3 Å². The zero-order chi connectivity index (χ0) is 17.4. The molecule has 130 valence electrons. The normalized spacial score (nSPS) is 15.7. The van der Waals surface area contributed by atoms with E-state index in [1.54, 1.807) is 13.8 Å². The highest BCUT2D eigenvalue weighted by molar-refractivity contribution is 6.00. The summed E-state index contributed by atoms with van der Waals surface area (Å²) in [6.07, 6.45) is 4.90. The van der Waals surface area contributed by atoms with Crippen molar-refractivity contribution >= 4 is 23.4 Å². The van der Waals surface area contributed by atoms with Crippen molar-refractivity contribution in [2.45, 2.75) is 46.0 Å². The van der Waals surface area contributed by atoms with Gasteiger partial charge in [0.15, 0.2) is 0 Å². The van der Waals surface area contributed by atoms with E-state index in [4.69, 9.17) is 4.74 Å². The van der Waals surface area contributed by atoms with Gasteiger partial charge in [-0.05, 0) is 44.4 Å². The van der Waals surface area contributed by atoms with Gasteiger partial charge in [-0.1, -0.05) is 31.4 Å². The van der Waals surface area contributed by atoms with Crippen LogP contribution in [0.5, 0.6) is 0 Å². The first-order valence-electron chi connectivity index (χ1n) is 8.48. The molecular formula is C18H25N3O3. The minimum absolute atomic E-state index is 0.108. The number of amides is 2. The molecule has 6 nitrogen and oxygen atoms in total. The van der Waals surface area contributed by atoms with Gasteiger partial charge in [-0.2, -0.15) is 5.10 Å². The van der Waals surface area contributed by atoms with Gasteiger partial charge >= 0.3 is 6.09 Å². The van der Waals surface area contributed by atoms with Crippen LogP contribution in [0.4, 0.5) is 10.5 Å². The molecule has 1 aliphatic carbocycles. The topological polar surface area (TPSA) is 79.8 Å². The van der Waals surface area contributed by atoms with Crippen LogP contribution < -0.4 is 10.7 Å². The molecule has 0 aliphatic heterocycles. The van der Waals surface area contributed by atoms with Crippen molar-refractivity contribution in [1.82, 2.24) is 5.43 Å². The van der Waals surface area contributed by atoms with Crippen LogP contribution in [0.15, 0.2) is 29.4 Å². The van der Waals surface area contributed by atoms with Crippen LogP contribution in [0.3, 0.4) is 0 Å². The van der Waals surface area contributed by atoms with Crippen LogP contribution in [-0.4, -0.2) is 24.3 Å². The summed E-state index contributed by atoms with van der Waals surface area (Å²) in [6, 6.07) is 7.42. The van der Waals surface area contributed by atoms with Gasteiger partial charge in [0.2, 0.25) is 5.91 Å². The zero-order valence-electron chi connectivity index (χ0n) is 14.3. The summed E-state index contributed by atoms with van der Waals surface area (Å²) >= 11 is 0. The summed E-state index contributed by atoms with van der Waals surface area (Å²) in [5, 5.41) is 6.96. The number of carbonyl (C=O) groups excluding carboxylic acids is 2. The van der Waals surface area contributed by atoms with E-state index in [1.165, 1.54) is 6.42 Å². The molecule has 0 radical (unpaired) electrons. The lowest BCUT2D eigenvalue weighted by molar-refractivity contribution is -0.120. The van der Waals surface area contributed by atoms with Crippen LogP contribution in [0.1, 0.15) is 51.5 Å². The molecule has 6 heteroatoms. The molecule has 2 amide bonds. The first-order chi connectivity index (χ1) is 11.6. The van der Waals surface area contributed by atoms with Crippen LogP contribution in [0, 0.1) is 5.92 Å². The summed E-state index contributed by atoms with van der Waals surface area (Å²) in [5.74, 6) is 0.243. The third kappa shape index (κ3) is 5.37. The fourth-order valence-electron chi connectivity index (χ4n) is 2.76. The number of carbonyl (C=O) groups is 2. The Morgan fingerprint density at radius 2 is 1.83 bits per heavy atom. The van der Waals surface area contributed by atoms with Crippen LogP contribution >= 0.6 is 0 Å². The predicted octanol–water partition coefficient (Wildman–Crippen LogP) is 3.68. The lowest BCUT2D eigenvalue weighted by atomic mass is 9.88. The predicted molar refractivity (Wildman–Crippen MR) is 94.0 cm³/mol. The van der Waals surface area contributed by atoms with Crippen LogP contribution in [0.25, 0.3) is 0 Å². The smallest absolute Gasteiger partial charge is 0.427 e. The van der Waals surface area contributed by atoms with Crippen LogP contribution in [-0.2, 0) is 9.53 Å². The summed E-state index contributed by atoms with van der Waals surface area (Å²) in [4.78, 5) is 23.4. The highest BCUT2D eigenvalue weighted by atomic mass is 16.5. The molecule has 0 bridgehead atoms. The number of nitrogens with zero attached hydrogens (tertiary/aromatic N) is 1. The number of ether oxygens (including phenoxy) is 1. The van der Waals surface area contributed by atoms with Crippen LogP contribution in [0.2, 0.25) is 0 Å². The maximum absolute atomic E-state index is 12.2. The molecule has 0 unspecified atom stereocenters. The second kappa shape index (κ2) is 9.05. The van der Waals surface area contributed by atoms with Gasteiger partial charge in [0.25, 0.3) is 0 Å². The van der Waals surface area contributed by atoms with Gasteiger partial charge in [0, 0.05) is 11.6 Å². The van der Waals surface area contributed by atoms with Crippen molar-refractivity contribution in [2.75, 3.05) is 11.9 Å². The Balaban J connectivity index is 1.91. The van der Waals surface area contributed by atoms with E-state index in [2.05, 4.69) is 15.8 Å². The number of nitrogens with one attached hydrogen (secondary N) is 2. The molecule has 1 aromatic carbocycles. The Kier molecular flexibility index (Phi) is 6.78. The summed E-state index contributed by atoms with van der Waals surface area (Å²) in [5.41, 5.74) is 4.63. The largest absolute Gasteiger partial charge is 0.449 e. The number of hydrazone groups is 1. The van der Waals surface area contributed by atoms with E-state index in [9.17, 15) is 9.59 Å². The van der Waals surface area contributed by atoms with Gasteiger partial charge in [-0.15, -0.1) is 0 Å². The standard InChI is InChI=1S/C18H25N3O3/c1-3-24-18(23)21-20-13(2)14-9-11-16(12-10-14)19-17(22)15-7-5-4-6-8-15/h9-12,15H,3-8H2,1-2H3,(H,19,22)(H,21,23). The molecule has 1 aliphatic rings. The SMILES string of the molecule is CCOC(=O)NN=C(C)c1ccc(NC(=O)C2CCCCC2)cc1.